The van der Waals surface area contributed by atoms with Gasteiger partial charge in [0.05, 0.1) is 42.1 Å². The average Bonchev–Trinajstić information content (AvgIpc) is 3.19. The second-order valence-electron chi connectivity index (χ2n) is 10.2. The van der Waals surface area contributed by atoms with E-state index in [2.05, 4.69) is 4.98 Å². The number of benzene rings is 1. The highest BCUT2D eigenvalue weighted by Gasteiger charge is 2.44. The molecule has 1 atom stereocenters. The molecule has 6 rings (SSSR count). The van der Waals surface area contributed by atoms with Crippen LogP contribution in [0.1, 0.15) is 33.9 Å². The molecular weight excluding hydrogens is 505 g/mol. The summed E-state index contributed by atoms with van der Waals surface area (Å²) in [5.41, 5.74) is 2.74. The molecule has 1 aromatic carbocycles. The third-order valence-corrected chi connectivity index (χ3v) is 7.21. The van der Waals surface area contributed by atoms with Crippen LogP contribution >= 0.6 is 0 Å². The fourth-order valence-corrected chi connectivity index (χ4v) is 5.27. The lowest BCUT2D eigenvalue weighted by Gasteiger charge is -2.39. The van der Waals surface area contributed by atoms with Crippen molar-refractivity contribution in [2.75, 3.05) is 27.2 Å². The number of hydrogen-bond donors (Lipinski definition) is 0. The van der Waals surface area contributed by atoms with Gasteiger partial charge in [0.2, 0.25) is 6.10 Å². The number of amides is 1. The first-order valence-electron chi connectivity index (χ1n) is 12.0. The van der Waals surface area contributed by atoms with Gasteiger partial charge in [-0.25, -0.2) is 27.7 Å². The number of cyclic esters (lactones) is 1. The number of nitrogens with zero attached hydrogens (tertiary/aromatic N) is 4. The molecule has 2 aromatic heterocycles. The Kier molecular flexibility index (Phi) is 5.32. The summed E-state index contributed by atoms with van der Waals surface area (Å²) >= 11 is 0. The summed E-state index contributed by atoms with van der Waals surface area (Å²) in [6, 6.07) is 4.50. The van der Waals surface area contributed by atoms with Crippen molar-refractivity contribution in [1.29, 1.82) is 0 Å². The van der Waals surface area contributed by atoms with Gasteiger partial charge in [-0.3, -0.25) is 9.69 Å². The third kappa shape index (κ3) is 3.73. The maximum Gasteiger partial charge on any atom is 0.410 e. The van der Waals surface area contributed by atoms with Gasteiger partial charge in [-0.1, -0.05) is 0 Å². The Bertz CT molecular complexity index is 1610. The highest BCUT2D eigenvalue weighted by atomic mass is 19.3. The number of hydrogen-bond acceptors (Lipinski definition) is 7. The van der Waals surface area contributed by atoms with Gasteiger partial charge >= 0.3 is 12.1 Å². The number of rotatable bonds is 3. The van der Waals surface area contributed by atoms with Crippen LogP contribution in [0.5, 0.6) is 0 Å². The van der Waals surface area contributed by atoms with Gasteiger partial charge in [0.25, 0.3) is 11.5 Å². The summed E-state index contributed by atoms with van der Waals surface area (Å²) in [6.07, 6.45) is -2.23. The zero-order chi connectivity index (χ0) is 27.1. The monoisotopic (exact) mass is 528 g/mol. The van der Waals surface area contributed by atoms with Gasteiger partial charge < -0.3 is 18.9 Å². The number of ether oxygens (including phenoxy) is 2. The second-order valence-corrected chi connectivity index (χ2v) is 10.2. The molecule has 38 heavy (non-hydrogen) atoms. The maximum absolute atomic E-state index is 14.5. The normalized spacial score (nSPS) is 19.3. The minimum atomic E-state index is -2.77. The van der Waals surface area contributed by atoms with Crippen LogP contribution in [-0.2, 0) is 34.0 Å². The van der Waals surface area contributed by atoms with E-state index in [-0.39, 0.29) is 30.8 Å². The van der Waals surface area contributed by atoms with Gasteiger partial charge in [-0.05, 0) is 30.2 Å². The zero-order valence-electron chi connectivity index (χ0n) is 20.8. The predicted molar refractivity (Wildman–Crippen MR) is 128 cm³/mol. The number of esters is 1. The highest BCUT2D eigenvalue weighted by Crippen LogP contribution is 2.40. The Morgan fingerprint density at radius 3 is 2.63 bits per heavy atom. The minimum absolute atomic E-state index is 0.117. The smallest absolute Gasteiger partial charge is 0.410 e. The van der Waals surface area contributed by atoms with Crippen molar-refractivity contribution in [3.63, 3.8) is 0 Å². The molecule has 1 saturated heterocycles. The predicted octanol–water partition coefficient (Wildman–Crippen LogP) is 3.12. The van der Waals surface area contributed by atoms with Crippen LogP contribution in [-0.4, -0.2) is 64.5 Å². The summed E-state index contributed by atoms with van der Waals surface area (Å²) in [7, 11) is 2.91. The van der Waals surface area contributed by atoms with Crippen LogP contribution in [0.3, 0.4) is 0 Å². The van der Waals surface area contributed by atoms with Crippen LogP contribution in [0.15, 0.2) is 23.0 Å². The third-order valence-electron chi connectivity index (χ3n) is 7.21. The molecule has 3 aliphatic heterocycles. The first kappa shape index (κ1) is 24.4. The summed E-state index contributed by atoms with van der Waals surface area (Å²) in [5.74, 6) is -4.04. The largest absolute Gasteiger partial charge is 0.458 e. The summed E-state index contributed by atoms with van der Waals surface area (Å²) in [5, 5.41) is 0.625. The lowest BCUT2D eigenvalue weighted by molar-refractivity contribution is -0.158. The lowest BCUT2D eigenvalue weighted by Crippen LogP contribution is -2.55. The van der Waals surface area contributed by atoms with Crippen molar-refractivity contribution in [1.82, 2.24) is 19.4 Å². The first-order chi connectivity index (χ1) is 17.9. The second kappa shape index (κ2) is 8.29. The molecule has 198 valence electrons. The Hall–Kier alpha value is -3.93. The molecule has 0 aliphatic carbocycles. The molecule has 1 amide bonds. The van der Waals surface area contributed by atoms with Crippen LogP contribution in [0.4, 0.5) is 18.0 Å². The fraction of sp³-hybridized carbons (Fsp3) is 0.385. The number of fused-ring (bicyclic) bond motifs is 5. The van der Waals surface area contributed by atoms with Gasteiger partial charge in [-0.15, -0.1) is 0 Å². The molecule has 0 N–H and O–H groups in total. The quantitative estimate of drug-likeness (QED) is 0.377. The van der Waals surface area contributed by atoms with E-state index >= 15 is 0 Å². The van der Waals surface area contributed by atoms with Crippen molar-refractivity contribution in [2.24, 2.45) is 0 Å². The number of pyridine rings is 2. The molecule has 3 aromatic rings. The van der Waals surface area contributed by atoms with Crippen LogP contribution in [0.2, 0.25) is 0 Å². The number of aromatic nitrogens is 2. The van der Waals surface area contributed by atoms with E-state index in [1.165, 1.54) is 24.7 Å². The summed E-state index contributed by atoms with van der Waals surface area (Å²) in [6.45, 7) is 0.829. The first-order valence-corrected chi connectivity index (χ1v) is 12.0. The average molecular weight is 528 g/mol. The molecular formula is C26H23F3N4O5. The van der Waals surface area contributed by atoms with E-state index in [1.54, 1.807) is 24.0 Å². The van der Waals surface area contributed by atoms with E-state index in [1.807, 2.05) is 0 Å². The number of carbonyl (C=O) groups excluding carboxylic acids is 2. The van der Waals surface area contributed by atoms with Gasteiger partial charge in [0.1, 0.15) is 12.4 Å². The number of carbonyl (C=O) groups is 2. The molecule has 3 aliphatic rings. The Morgan fingerprint density at radius 2 is 1.95 bits per heavy atom. The summed E-state index contributed by atoms with van der Waals surface area (Å²) in [4.78, 5) is 45.7. The van der Waals surface area contributed by atoms with Gasteiger partial charge in [0, 0.05) is 43.2 Å². The van der Waals surface area contributed by atoms with Gasteiger partial charge in [0.15, 0.2) is 0 Å². The topological polar surface area (TPSA) is 94.0 Å². The van der Waals surface area contributed by atoms with Crippen LogP contribution < -0.4 is 5.56 Å². The number of aryl methyl sites for hydroxylation is 1. The van der Waals surface area contributed by atoms with E-state index in [9.17, 15) is 27.6 Å². The fourth-order valence-electron chi connectivity index (χ4n) is 5.27. The minimum Gasteiger partial charge on any atom is -0.458 e. The Balaban J connectivity index is 1.53. The molecule has 0 saturated carbocycles. The molecule has 1 unspecified atom stereocenters. The van der Waals surface area contributed by atoms with Crippen molar-refractivity contribution in [3.05, 3.63) is 62.2 Å². The molecule has 0 bridgehead atoms. The Morgan fingerprint density at radius 1 is 1.21 bits per heavy atom. The molecule has 9 nitrogen and oxygen atoms in total. The Labute approximate surface area is 214 Å². The summed E-state index contributed by atoms with van der Waals surface area (Å²) < 4.78 is 53.7. The van der Waals surface area contributed by atoms with Crippen molar-refractivity contribution in [3.8, 4) is 11.4 Å². The van der Waals surface area contributed by atoms with Crippen LogP contribution in [0.25, 0.3) is 22.3 Å². The van der Waals surface area contributed by atoms with E-state index in [0.717, 1.165) is 4.90 Å². The van der Waals surface area contributed by atoms with E-state index < -0.39 is 48.6 Å². The SMILES string of the molecule is Cc1cc2c(CN3CC(F)(F)C3)c3c(nc2cc1F)-c1cc2c(c(=O)n1C3)COC(=O)C2OC(=O)N(C)C. The van der Waals surface area contributed by atoms with Crippen molar-refractivity contribution in [2.45, 2.75) is 38.6 Å². The maximum atomic E-state index is 14.5. The van der Waals surface area contributed by atoms with Crippen molar-refractivity contribution < 1.29 is 32.2 Å². The number of halogens is 3. The van der Waals surface area contributed by atoms with E-state index in [0.29, 0.717) is 39.0 Å². The molecule has 0 radical (unpaired) electrons. The zero-order valence-corrected chi connectivity index (χ0v) is 20.8. The lowest BCUT2D eigenvalue weighted by atomic mass is 9.96. The molecule has 5 heterocycles. The number of likely N-dealkylation sites (tertiary alicyclic amines) is 1. The van der Waals surface area contributed by atoms with Crippen LogP contribution in [0, 0.1) is 12.7 Å². The standard InChI is InChI=1S/C26H23F3N4O5/c1-12-4-13-15(7-32-10-26(28,29)11-32)16-8-33-20(21(16)30-19(13)6-18(12)27)5-14-17(23(33)34)9-37-24(35)22(14)38-25(36)31(2)3/h4-6,22H,7-11H2,1-3H3. The molecule has 1 fully saturated rings. The molecule has 0 spiro atoms. The number of alkyl halides is 2. The van der Waals surface area contributed by atoms with E-state index in [4.69, 9.17) is 9.47 Å². The highest BCUT2D eigenvalue weighted by molar-refractivity contribution is 5.89. The van der Waals surface area contributed by atoms with Gasteiger partial charge in [-0.2, -0.15) is 0 Å². The van der Waals surface area contributed by atoms with Crippen molar-refractivity contribution >= 4 is 23.0 Å². The molecule has 12 heteroatoms.